The molecule has 1 aliphatic rings. The number of halogens is 3. The maximum atomic E-state index is 12.7. The molecule has 45 heavy (non-hydrogen) atoms. The summed E-state index contributed by atoms with van der Waals surface area (Å²) < 4.78 is 42.5. The number of amides is 3. The van der Waals surface area contributed by atoms with Crippen molar-refractivity contribution in [1.29, 1.82) is 0 Å². The Labute approximate surface area is 261 Å². The molecule has 0 bridgehead atoms. The van der Waals surface area contributed by atoms with E-state index in [1.807, 2.05) is 55.5 Å². The minimum Gasteiger partial charge on any atom is -0.406 e. The Morgan fingerprint density at radius 3 is 2.53 bits per heavy atom. The summed E-state index contributed by atoms with van der Waals surface area (Å²) in [6.45, 7) is 6.31. The van der Waals surface area contributed by atoms with Gasteiger partial charge in [-0.15, -0.1) is 18.3 Å². The standard InChI is InChI=1S/C32H29F3N6O3S/c1-20(2)26-15-6-21(3)17-27(26)41-28(42)18-45-31(41)38-30(43)36-16-4-5-22-7-9-23(10-8-22)29-37-19-40(39-29)24-11-13-25(14-12-24)44-32(33,34)35/h4-15,17,19-20H,16,18H2,1-3H3,(H,36,43)/b5-4-,38-31-. The van der Waals surface area contributed by atoms with Gasteiger partial charge >= 0.3 is 12.4 Å². The largest absolute Gasteiger partial charge is 0.573 e. The van der Waals surface area contributed by atoms with Gasteiger partial charge in [-0.3, -0.25) is 9.69 Å². The van der Waals surface area contributed by atoms with Crippen LogP contribution < -0.4 is 15.0 Å². The summed E-state index contributed by atoms with van der Waals surface area (Å²) in [4.78, 5) is 35.4. The molecule has 1 aliphatic heterocycles. The summed E-state index contributed by atoms with van der Waals surface area (Å²) in [6.07, 6.45) is 0.341. The molecule has 0 atom stereocenters. The molecule has 0 unspecified atom stereocenters. The Morgan fingerprint density at radius 2 is 1.84 bits per heavy atom. The molecule has 9 nitrogen and oxygen atoms in total. The number of anilines is 1. The van der Waals surface area contributed by atoms with Crippen molar-refractivity contribution in [2.45, 2.75) is 33.1 Å². The van der Waals surface area contributed by atoms with E-state index in [1.165, 1.54) is 51.9 Å². The van der Waals surface area contributed by atoms with Crippen LogP contribution in [0.25, 0.3) is 23.2 Å². The predicted octanol–water partition coefficient (Wildman–Crippen LogP) is 7.12. The fourth-order valence-corrected chi connectivity index (χ4v) is 5.41. The highest BCUT2D eigenvalue weighted by Gasteiger charge is 2.33. The quantitative estimate of drug-likeness (QED) is 0.221. The molecular formula is C32H29F3N6O3S. The van der Waals surface area contributed by atoms with E-state index in [4.69, 9.17) is 0 Å². The highest BCUT2D eigenvalue weighted by atomic mass is 32.2. The number of rotatable bonds is 8. The molecule has 1 fully saturated rings. The van der Waals surface area contributed by atoms with Gasteiger partial charge in [0.25, 0.3) is 0 Å². The minimum atomic E-state index is -4.76. The molecular weight excluding hydrogens is 605 g/mol. The van der Waals surface area contributed by atoms with Crippen molar-refractivity contribution in [2.75, 3.05) is 17.2 Å². The normalized spacial score (nSPS) is 14.6. The first-order chi connectivity index (χ1) is 21.5. The summed E-state index contributed by atoms with van der Waals surface area (Å²) >= 11 is 1.24. The van der Waals surface area contributed by atoms with Crippen molar-refractivity contribution < 1.29 is 27.5 Å². The number of aliphatic imine (C=N–C) groups is 1. The lowest BCUT2D eigenvalue weighted by Crippen LogP contribution is -2.32. The van der Waals surface area contributed by atoms with Crippen molar-refractivity contribution in [3.05, 3.63) is 95.8 Å². The van der Waals surface area contributed by atoms with E-state index in [0.717, 1.165) is 27.9 Å². The van der Waals surface area contributed by atoms with Gasteiger partial charge in [-0.2, -0.15) is 4.99 Å². The van der Waals surface area contributed by atoms with E-state index < -0.39 is 12.4 Å². The Kier molecular flexibility index (Phi) is 9.37. The zero-order valence-electron chi connectivity index (χ0n) is 24.6. The van der Waals surface area contributed by atoms with Crippen LogP contribution in [-0.4, -0.2) is 50.5 Å². The van der Waals surface area contributed by atoms with Crippen LogP contribution in [0.15, 0.2) is 84.1 Å². The van der Waals surface area contributed by atoms with Crippen molar-refractivity contribution >= 4 is 40.6 Å². The average Bonchev–Trinajstić information content (AvgIpc) is 3.62. The minimum absolute atomic E-state index is 0.113. The van der Waals surface area contributed by atoms with E-state index >= 15 is 0 Å². The number of ether oxygens (including phenoxy) is 1. The molecule has 3 amide bonds. The van der Waals surface area contributed by atoms with Gasteiger partial charge < -0.3 is 10.1 Å². The number of aryl methyl sites for hydroxylation is 1. The average molecular weight is 635 g/mol. The second kappa shape index (κ2) is 13.4. The topological polar surface area (TPSA) is 102 Å². The molecule has 0 aliphatic carbocycles. The van der Waals surface area contributed by atoms with Gasteiger partial charge in [-0.1, -0.05) is 74.2 Å². The van der Waals surface area contributed by atoms with E-state index in [1.54, 1.807) is 6.08 Å². The predicted molar refractivity (Wildman–Crippen MR) is 169 cm³/mol. The maximum absolute atomic E-state index is 12.7. The number of hydrogen-bond acceptors (Lipinski definition) is 6. The van der Waals surface area contributed by atoms with Gasteiger partial charge in [0.1, 0.15) is 12.1 Å². The second-order valence-electron chi connectivity index (χ2n) is 10.4. The van der Waals surface area contributed by atoms with Crippen LogP contribution in [0, 0.1) is 6.92 Å². The highest BCUT2D eigenvalue weighted by Crippen LogP contribution is 2.34. The van der Waals surface area contributed by atoms with Crippen molar-refractivity contribution in [3.8, 4) is 22.8 Å². The Hall–Kier alpha value is -4.91. The number of carbonyl (C=O) groups excluding carboxylic acids is 2. The van der Waals surface area contributed by atoms with Crippen LogP contribution in [0.4, 0.5) is 23.7 Å². The SMILES string of the molecule is Cc1ccc(C(C)C)c(N2C(=O)CS/C2=N\C(=O)NC/C=C\c2ccc(-c3ncn(-c4ccc(OC(F)(F)F)cc4)n3)cc2)c1. The molecule has 0 spiro atoms. The summed E-state index contributed by atoms with van der Waals surface area (Å²) in [5, 5.41) is 7.50. The molecule has 4 aromatic rings. The second-order valence-corrected chi connectivity index (χ2v) is 11.3. The molecule has 2 heterocycles. The van der Waals surface area contributed by atoms with Gasteiger partial charge in [-0.25, -0.2) is 14.5 Å². The number of amidine groups is 1. The van der Waals surface area contributed by atoms with Crippen molar-refractivity contribution in [2.24, 2.45) is 4.99 Å². The number of alkyl halides is 3. The number of urea groups is 1. The number of hydrogen-bond donors (Lipinski definition) is 1. The highest BCUT2D eigenvalue weighted by molar-refractivity contribution is 8.15. The third-order valence-corrected chi connectivity index (χ3v) is 7.61. The molecule has 1 aromatic heterocycles. The number of benzene rings is 3. The van der Waals surface area contributed by atoms with Crippen molar-refractivity contribution in [1.82, 2.24) is 20.1 Å². The first kappa shape index (κ1) is 31.5. The Balaban J connectivity index is 1.17. The van der Waals surface area contributed by atoms with Crippen LogP contribution in [-0.2, 0) is 4.79 Å². The molecule has 232 valence electrons. The van der Waals surface area contributed by atoms with E-state index in [0.29, 0.717) is 16.7 Å². The maximum Gasteiger partial charge on any atom is 0.573 e. The van der Waals surface area contributed by atoms with Crippen LogP contribution in [0.1, 0.15) is 36.5 Å². The van der Waals surface area contributed by atoms with Gasteiger partial charge in [0.15, 0.2) is 11.0 Å². The number of thioether (sulfide) groups is 1. The zero-order valence-corrected chi connectivity index (χ0v) is 25.4. The Morgan fingerprint density at radius 1 is 1.11 bits per heavy atom. The van der Waals surface area contributed by atoms with E-state index in [-0.39, 0.29) is 29.9 Å². The lowest BCUT2D eigenvalue weighted by Gasteiger charge is -2.22. The van der Waals surface area contributed by atoms with Crippen LogP contribution in [0.2, 0.25) is 0 Å². The van der Waals surface area contributed by atoms with E-state index in [9.17, 15) is 22.8 Å². The summed E-state index contributed by atoms with van der Waals surface area (Å²) in [6, 6.07) is 18.1. The fourth-order valence-electron chi connectivity index (χ4n) is 4.55. The number of nitrogens with one attached hydrogen (secondary N) is 1. The lowest BCUT2D eigenvalue weighted by atomic mass is 9.99. The monoisotopic (exact) mass is 634 g/mol. The third kappa shape index (κ3) is 7.98. The van der Waals surface area contributed by atoms with Crippen LogP contribution in [0.3, 0.4) is 0 Å². The molecule has 1 N–H and O–H groups in total. The van der Waals surface area contributed by atoms with Crippen LogP contribution in [0.5, 0.6) is 5.75 Å². The molecule has 0 saturated carbocycles. The summed E-state index contributed by atoms with van der Waals surface area (Å²) in [5.41, 5.74) is 4.92. The molecule has 5 rings (SSSR count). The summed E-state index contributed by atoms with van der Waals surface area (Å²) in [7, 11) is 0. The van der Waals surface area contributed by atoms with Gasteiger partial charge in [-0.05, 0) is 59.9 Å². The smallest absolute Gasteiger partial charge is 0.406 e. The van der Waals surface area contributed by atoms with Gasteiger partial charge in [0, 0.05) is 12.1 Å². The first-order valence-corrected chi connectivity index (χ1v) is 14.9. The van der Waals surface area contributed by atoms with Crippen LogP contribution >= 0.6 is 11.8 Å². The summed E-state index contributed by atoms with van der Waals surface area (Å²) in [5.74, 6) is 0.418. The fraction of sp³-hybridized carbons (Fsp3) is 0.219. The third-order valence-electron chi connectivity index (χ3n) is 6.69. The first-order valence-electron chi connectivity index (χ1n) is 13.9. The molecule has 13 heteroatoms. The molecule has 3 aromatic carbocycles. The molecule has 1 saturated heterocycles. The van der Waals surface area contributed by atoms with Gasteiger partial charge in [0.05, 0.1) is 17.1 Å². The molecule has 0 radical (unpaired) electrons. The number of carbonyl (C=O) groups is 2. The number of aromatic nitrogens is 3. The van der Waals surface area contributed by atoms with Gasteiger partial charge in [0.2, 0.25) is 5.91 Å². The Bertz CT molecular complexity index is 1750. The number of nitrogens with zero attached hydrogens (tertiary/aromatic N) is 5. The lowest BCUT2D eigenvalue weighted by molar-refractivity contribution is -0.274. The van der Waals surface area contributed by atoms with E-state index in [2.05, 4.69) is 39.0 Å². The zero-order chi connectivity index (χ0) is 32.1. The van der Waals surface area contributed by atoms with Crippen molar-refractivity contribution in [3.63, 3.8) is 0 Å².